The minimum absolute atomic E-state index is 1.09. The Kier molecular flexibility index (Phi) is 7.16. The van der Waals surface area contributed by atoms with E-state index in [0.29, 0.717) is 0 Å². The van der Waals surface area contributed by atoms with Crippen LogP contribution >= 0.6 is 22.6 Å². The van der Waals surface area contributed by atoms with Gasteiger partial charge in [0, 0.05) is 12.2 Å². The van der Waals surface area contributed by atoms with Crippen molar-refractivity contribution in [1.82, 2.24) is 9.78 Å². The van der Waals surface area contributed by atoms with E-state index in [2.05, 4.69) is 53.1 Å². The Labute approximate surface area is 119 Å². The van der Waals surface area contributed by atoms with Gasteiger partial charge >= 0.3 is 0 Å². The van der Waals surface area contributed by atoms with E-state index in [9.17, 15) is 0 Å². The summed E-state index contributed by atoms with van der Waals surface area (Å²) < 4.78 is 3.49. The summed E-state index contributed by atoms with van der Waals surface area (Å²) in [5, 5.41) is 4.57. The molecule has 17 heavy (non-hydrogen) atoms. The lowest BCUT2D eigenvalue weighted by atomic mass is 10.1. The first-order valence-corrected chi connectivity index (χ1v) is 7.94. The molecule has 0 bridgehead atoms. The molecule has 1 heterocycles. The van der Waals surface area contributed by atoms with Crippen molar-refractivity contribution in [2.75, 3.05) is 0 Å². The molecule has 2 nitrogen and oxygen atoms in total. The maximum Gasteiger partial charge on any atom is 0.0729 e. The van der Waals surface area contributed by atoms with E-state index in [1.807, 2.05) is 0 Å². The summed E-state index contributed by atoms with van der Waals surface area (Å²) in [7, 11) is 0. The number of aromatic nitrogens is 2. The topological polar surface area (TPSA) is 17.8 Å². The molecule has 0 aromatic carbocycles. The fourth-order valence-electron chi connectivity index (χ4n) is 2.11. The van der Waals surface area contributed by atoms with Crippen LogP contribution in [0.4, 0.5) is 0 Å². The highest BCUT2D eigenvalue weighted by Gasteiger charge is 2.07. The van der Waals surface area contributed by atoms with Gasteiger partial charge in [-0.2, -0.15) is 5.10 Å². The minimum Gasteiger partial charge on any atom is -0.269 e. The zero-order valence-electron chi connectivity index (χ0n) is 11.4. The molecule has 0 aliphatic carbocycles. The molecule has 1 aromatic rings. The van der Waals surface area contributed by atoms with Crippen molar-refractivity contribution in [1.29, 1.82) is 0 Å². The van der Waals surface area contributed by atoms with E-state index in [-0.39, 0.29) is 0 Å². The van der Waals surface area contributed by atoms with Gasteiger partial charge in [-0.05, 0) is 42.9 Å². The lowest BCUT2D eigenvalue weighted by Gasteiger charge is -2.04. The van der Waals surface area contributed by atoms with Crippen molar-refractivity contribution in [2.45, 2.75) is 72.3 Å². The normalized spacial score (nSPS) is 11.1. The smallest absolute Gasteiger partial charge is 0.0729 e. The zero-order valence-corrected chi connectivity index (χ0v) is 13.6. The van der Waals surface area contributed by atoms with E-state index in [4.69, 9.17) is 0 Å². The number of hydrogen-bond donors (Lipinski definition) is 0. The van der Waals surface area contributed by atoms with Gasteiger partial charge in [-0.25, -0.2) is 0 Å². The van der Waals surface area contributed by atoms with Crippen LogP contribution in [0.3, 0.4) is 0 Å². The lowest BCUT2D eigenvalue weighted by Crippen LogP contribution is -2.02. The summed E-state index contributed by atoms with van der Waals surface area (Å²) in [6.45, 7) is 7.62. The average molecular weight is 348 g/mol. The summed E-state index contributed by atoms with van der Waals surface area (Å²) in [6, 6.07) is 0. The highest BCUT2D eigenvalue weighted by molar-refractivity contribution is 14.1. The molecule has 98 valence electrons. The Morgan fingerprint density at radius 1 is 1.00 bits per heavy atom. The molecule has 0 N–H and O–H groups in total. The fourth-order valence-corrected chi connectivity index (χ4v) is 2.50. The molecule has 0 spiro atoms. The first-order valence-electron chi connectivity index (χ1n) is 6.86. The second-order valence-electron chi connectivity index (χ2n) is 4.83. The van der Waals surface area contributed by atoms with Crippen LogP contribution in [0.1, 0.15) is 63.3 Å². The van der Waals surface area contributed by atoms with Crippen LogP contribution in [-0.4, -0.2) is 9.78 Å². The van der Waals surface area contributed by atoms with Crippen molar-refractivity contribution < 1.29 is 0 Å². The molecule has 0 radical (unpaired) electrons. The summed E-state index contributed by atoms with van der Waals surface area (Å²) in [5.41, 5.74) is 2.50. The Hall–Kier alpha value is -0.0600. The Balaban J connectivity index is 2.16. The minimum atomic E-state index is 1.09. The van der Waals surface area contributed by atoms with Crippen molar-refractivity contribution >= 4 is 22.6 Å². The van der Waals surface area contributed by atoms with E-state index >= 15 is 0 Å². The Morgan fingerprint density at radius 3 is 2.12 bits per heavy atom. The van der Waals surface area contributed by atoms with Gasteiger partial charge in [-0.15, -0.1) is 0 Å². The number of unbranched alkanes of at least 4 members (excludes halogenated alkanes) is 6. The predicted molar refractivity (Wildman–Crippen MR) is 82.4 cm³/mol. The maximum atomic E-state index is 4.57. The van der Waals surface area contributed by atoms with Gasteiger partial charge in [-0.3, -0.25) is 4.68 Å². The van der Waals surface area contributed by atoms with Crippen molar-refractivity contribution in [3.05, 3.63) is 15.0 Å². The van der Waals surface area contributed by atoms with Crippen LogP contribution in [0, 0.1) is 17.4 Å². The molecule has 0 unspecified atom stereocenters. The summed E-state index contributed by atoms with van der Waals surface area (Å²) in [6.07, 6.45) is 9.55. The third kappa shape index (κ3) is 4.98. The van der Waals surface area contributed by atoms with Crippen molar-refractivity contribution in [3.63, 3.8) is 0 Å². The molecule has 0 aliphatic rings. The third-order valence-electron chi connectivity index (χ3n) is 3.27. The van der Waals surface area contributed by atoms with E-state index in [1.54, 1.807) is 0 Å². The second kappa shape index (κ2) is 8.11. The van der Waals surface area contributed by atoms with Crippen LogP contribution in [0.5, 0.6) is 0 Å². The van der Waals surface area contributed by atoms with E-state index in [1.165, 1.54) is 59.9 Å². The summed E-state index contributed by atoms with van der Waals surface area (Å²) in [5.74, 6) is 0. The lowest BCUT2D eigenvalue weighted by molar-refractivity contribution is 0.514. The Morgan fingerprint density at radius 2 is 1.59 bits per heavy atom. The summed E-state index contributed by atoms with van der Waals surface area (Å²) in [4.78, 5) is 0. The monoisotopic (exact) mass is 348 g/mol. The molecule has 0 aliphatic heterocycles. The maximum absolute atomic E-state index is 4.57. The van der Waals surface area contributed by atoms with Crippen LogP contribution in [0.25, 0.3) is 0 Å². The number of nitrogens with zero attached hydrogens (tertiary/aromatic N) is 2. The largest absolute Gasteiger partial charge is 0.269 e. The zero-order chi connectivity index (χ0) is 12.7. The first-order chi connectivity index (χ1) is 8.16. The van der Waals surface area contributed by atoms with E-state index in [0.717, 1.165) is 6.54 Å². The van der Waals surface area contributed by atoms with Gasteiger partial charge in [0.15, 0.2) is 0 Å². The highest BCUT2D eigenvalue weighted by atomic mass is 127. The fraction of sp³-hybridized carbons (Fsp3) is 0.786. The van der Waals surface area contributed by atoms with Crippen molar-refractivity contribution in [3.8, 4) is 0 Å². The van der Waals surface area contributed by atoms with Gasteiger partial charge < -0.3 is 0 Å². The average Bonchev–Trinajstić information content (AvgIpc) is 2.56. The molecule has 1 rings (SSSR count). The van der Waals surface area contributed by atoms with Crippen LogP contribution in [0.2, 0.25) is 0 Å². The highest BCUT2D eigenvalue weighted by Crippen LogP contribution is 2.16. The molecule has 0 amide bonds. The van der Waals surface area contributed by atoms with Crippen LogP contribution in [0.15, 0.2) is 0 Å². The number of halogens is 1. The van der Waals surface area contributed by atoms with Gasteiger partial charge in [-0.1, -0.05) is 45.4 Å². The molecule has 0 atom stereocenters. The predicted octanol–water partition coefficient (Wildman–Crippen LogP) is 4.86. The van der Waals surface area contributed by atoms with Crippen molar-refractivity contribution in [2.24, 2.45) is 0 Å². The van der Waals surface area contributed by atoms with Gasteiger partial charge in [0.25, 0.3) is 0 Å². The summed E-state index contributed by atoms with van der Waals surface area (Å²) >= 11 is 2.39. The molecule has 0 saturated heterocycles. The molecular weight excluding hydrogens is 323 g/mol. The van der Waals surface area contributed by atoms with Gasteiger partial charge in [0.05, 0.1) is 9.26 Å². The number of rotatable bonds is 8. The number of hydrogen-bond acceptors (Lipinski definition) is 1. The molecule has 0 saturated carbocycles. The van der Waals surface area contributed by atoms with Gasteiger partial charge in [0.2, 0.25) is 0 Å². The molecular formula is C14H25IN2. The Bertz CT molecular complexity index is 331. The standard InChI is InChI=1S/C14H25IN2/c1-4-5-6-7-8-9-10-11-17-13(3)14(15)12(2)16-17/h4-11H2,1-3H3. The van der Waals surface area contributed by atoms with E-state index < -0.39 is 0 Å². The second-order valence-corrected chi connectivity index (χ2v) is 5.91. The number of aryl methyl sites for hydroxylation is 2. The first kappa shape index (κ1) is 15.0. The SMILES string of the molecule is CCCCCCCCCn1nc(C)c(I)c1C. The molecule has 0 fully saturated rings. The quantitative estimate of drug-likeness (QED) is 0.485. The molecule has 1 aromatic heterocycles. The van der Waals surface area contributed by atoms with Gasteiger partial charge in [0.1, 0.15) is 0 Å². The molecule has 3 heteroatoms. The third-order valence-corrected chi connectivity index (χ3v) is 4.83. The van der Waals surface area contributed by atoms with Crippen LogP contribution in [-0.2, 0) is 6.54 Å². The van der Waals surface area contributed by atoms with Crippen LogP contribution < -0.4 is 0 Å².